The predicted octanol–water partition coefficient (Wildman–Crippen LogP) is 2.75. The van der Waals surface area contributed by atoms with E-state index in [0.29, 0.717) is 12.3 Å². The molecule has 2 aromatic rings. The van der Waals surface area contributed by atoms with Crippen LogP contribution in [-0.2, 0) is 11.3 Å². The van der Waals surface area contributed by atoms with Crippen molar-refractivity contribution in [1.82, 2.24) is 14.8 Å². The molecule has 26 heavy (non-hydrogen) atoms. The van der Waals surface area contributed by atoms with Crippen molar-refractivity contribution in [2.24, 2.45) is 5.41 Å². The number of para-hydroxylation sites is 1. The highest BCUT2D eigenvalue weighted by Gasteiger charge is 2.41. The fourth-order valence-electron chi connectivity index (χ4n) is 4.75. The summed E-state index contributed by atoms with van der Waals surface area (Å²) in [6, 6.07) is 9.42. The van der Waals surface area contributed by atoms with Gasteiger partial charge in [-0.2, -0.15) is 0 Å². The zero-order valence-electron chi connectivity index (χ0n) is 15.5. The van der Waals surface area contributed by atoms with Crippen LogP contribution in [0.15, 0.2) is 35.1 Å². The van der Waals surface area contributed by atoms with Crippen molar-refractivity contribution in [3.63, 3.8) is 0 Å². The SMILES string of the molecule is CCN1CC2(CCCN(Cc3cc(=O)c4ccccc4[nH]3)C2)CCC1=O. The monoisotopic (exact) mass is 353 g/mol. The van der Waals surface area contributed by atoms with Crippen LogP contribution in [0.4, 0.5) is 0 Å². The van der Waals surface area contributed by atoms with Gasteiger partial charge in [0.25, 0.3) is 0 Å². The van der Waals surface area contributed by atoms with Gasteiger partial charge >= 0.3 is 0 Å². The van der Waals surface area contributed by atoms with E-state index < -0.39 is 0 Å². The number of nitrogens with zero attached hydrogens (tertiary/aromatic N) is 2. The second kappa shape index (κ2) is 6.88. The van der Waals surface area contributed by atoms with Crippen molar-refractivity contribution >= 4 is 16.8 Å². The fourth-order valence-corrected chi connectivity index (χ4v) is 4.75. The normalized spacial score (nSPS) is 24.5. The van der Waals surface area contributed by atoms with Gasteiger partial charge < -0.3 is 9.88 Å². The molecule has 0 radical (unpaired) electrons. The molecule has 2 fully saturated rings. The van der Waals surface area contributed by atoms with Gasteiger partial charge in [0.05, 0.1) is 0 Å². The molecule has 2 aliphatic rings. The van der Waals surface area contributed by atoms with Crippen molar-refractivity contribution in [2.75, 3.05) is 26.2 Å². The van der Waals surface area contributed by atoms with E-state index in [2.05, 4.69) is 16.8 Å². The van der Waals surface area contributed by atoms with E-state index in [-0.39, 0.29) is 10.8 Å². The highest BCUT2D eigenvalue weighted by atomic mass is 16.2. The van der Waals surface area contributed by atoms with Crippen LogP contribution in [-0.4, -0.2) is 46.9 Å². The zero-order chi connectivity index (χ0) is 18.1. The number of hydrogen-bond acceptors (Lipinski definition) is 3. The number of amides is 1. The second-order valence-corrected chi connectivity index (χ2v) is 7.93. The van der Waals surface area contributed by atoms with Gasteiger partial charge in [0.15, 0.2) is 5.43 Å². The molecule has 0 aliphatic carbocycles. The summed E-state index contributed by atoms with van der Waals surface area (Å²) in [7, 11) is 0. The summed E-state index contributed by atoms with van der Waals surface area (Å²) in [5.74, 6) is 0.300. The number of nitrogens with one attached hydrogen (secondary N) is 1. The van der Waals surface area contributed by atoms with Crippen LogP contribution >= 0.6 is 0 Å². The number of aromatic nitrogens is 1. The van der Waals surface area contributed by atoms with Crippen LogP contribution in [0.3, 0.4) is 0 Å². The Morgan fingerprint density at radius 3 is 2.85 bits per heavy atom. The smallest absolute Gasteiger partial charge is 0.222 e. The molecular weight excluding hydrogens is 326 g/mol. The van der Waals surface area contributed by atoms with Crippen molar-refractivity contribution in [3.05, 3.63) is 46.2 Å². The molecule has 2 aliphatic heterocycles. The molecule has 1 amide bonds. The van der Waals surface area contributed by atoms with Crippen LogP contribution in [0.25, 0.3) is 10.9 Å². The van der Waals surface area contributed by atoms with Crippen molar-refractivity contribution in [3.8, 4) is 0 Å². The van der Waals surface area contributed by atoms with Crippen molar-refractivity contribution in [2.45, 2.75) is 39.2 Å². The first-order valence-corrected chi connectivity index (χ1v) is 9.70. The maximum Gasteiger partial charge on any atom is 0.222 e. The fraction of sp³-hybridized carbons (Fsp3) is 0.524. The Morgan fingerprint density at radius 1 is 1.15 bits per heavy atom. The summed E-state index contributed by atoms with van der Waals surface area (Å²) in [6.07, 6.45) is 4.02. The minimum absolute atomic E-state index is 0.0847. The highest BCUT2D eigenvalue weighted by Crippen LogP contribution is 2.39. The summed E-state index contributed by atoms with van der Waals surface area (Å²) in [5.41, 5.74) is 2.19. The van der Waals surface area contributed by atoms with Gasteiger partial charge in [-0.3, -0.25) is 14.5 Å². The first kappa shape index (κ1) is 17.3. The van der Waals surface area contributed by atoms with E-state index >= 15 is 0 Å². The van der Waals surface area contributed by atoms with Crippen LogP contribution < -0.4 is 5.43 Å². The molecular formula is C21H27N3O2. The topological polar surface area (TPSA) is 56.4 Å². The number of piperidine rings is 2. The molecule has 1 aromatic heterocycles. The minimum atomic E-state index is 0.0847. The molecule has 2 saturated heterocycles. The summed E-state index contributed by atoms with van der Waals surface area (Å²) in [6.45, 7) is 6.58. The lowest BCUT2D eigenvalue weighted by Gasteiger charge is -2.48. The lowest BCUT2D eigenvalue weighted by Crippen LogP contribution is -2.53. The number of pyridine rings is 1. The van der Waals surface area contributed by atoms with E-state index in [1.54, 1.807) is 6.07 Å². The third kappa shape index (κ3) is 3.28. The first-order valence-electron chi connectivity index (χ1n) is 9.70. The average molecular weight is 353 g/mol. The molecule has 138 valence electrons. The lowest BCUT2D eigenvalue weighted by atomic mass is 9.73. The minimum Gasteiger partial charge on any atom is -0.357 e. The van der Waals surface area contributed by atoms with E-state index in [1.165, 1.54) is 6.42 Å². The molecule has 0 saturated carbocycles. The maximum absolute atomic E-state index is 12.4. The standard InChI is InChI=1S/C21H27N3O2/c1-2-24-15-21(10-8-20(24)26)9-5-11-23(14-21)13-16-12-19(25)17-6-3-4-7-18(17)22-16/h3-4,6-7,12H,2,5,8-11,13-15H2,1H3,(H,22,25). The molecule has 1 atom stereocenters. The largest absolute Gasteiger partial charge is 0.357 e. The number of rotatable bonds is 3. The average Bonchev–Trinajstić information content (AvgIpc) is 2.64. The molecule has 5 heteroatoms. The lowest BCUT2D eigenvalue weighted by molar-refractivity contribution is -0.139. The van der Waals surface area contributed by atoms with E-state index in [1.807, 2.05) is 29.2 Å². The molecule has 5 nitrogen and oxygen atoms in total. The van der Waals surface area contributed by atoms with E-state index in [9.17, 15) is 9.59 Å². The Morgan fingerprint density at radius 2 is 2.00 bits per heavy atom. The predicted molar refractivity (Wildman–Crippen MR) is 103 cm³/mol. The molecule has 1 N–H and O–H groups in total. The summed E-state index contributed by atoms with van der Waals surface area (Å²) in [5, 5.41) is 0.746. The third-order valence-corrected chi connectivity index (χ3v) is 6.06. The van der Waals surface area contributed by atoms with Crippen LogP contribution in [0.1, 0.15) is 38.3 Å². The number of fused-ring (bicyclic) bond motifs is 1. The number of aromatic amines is 1. The van der Waals surface area contributed by atoms with Gasteiger partial charge in [-0.05, 0) is 44.9 Å². The van der Waals surface area contributed by atoms with Gasteiger partial charge in [0.2, 0.25) is 5.91 Å². The molecule has 1 unspecified atom stereocenters. The Balaban J connectivity index is 1.52. The van der Waals surface area contributed by atoms with Gasteiger partial charge in [0.1, 0.15) is 0 Å². The molecule has 4 rings (SSSR count). The number of carbonyl (C=O) groups excluding carboxylic acids is 1. The Hall–Kier alpha value is -2.14. The van der Waals surface area contributed by atoms with Crippen molar-refractivity contribution in [1.29, 1.82) is 0 Å². The second-order valence-electron chi connectivity index (χ2n) is 7.93. The van der Waals surface area contributed by atoms with Gasteiger partial charge in [-0.1, -0.05) is 12.1 Å². The maximum atomic E-state index is 12.4. The van der Waals surface area contributed by atoms with Crippen LogP contribution in [0.5, 0.6) is 0 Å². The molecule has 0 bridgehead atoms. The van der Waals surface area contributed by atoms with Crippen LogP contribution in [0, 0.1) is 5.41 Å². The summed E-state index contributed by atoms with van der Waals surface area (Å²) >= 11 is 0. The number of likely N-dealkylation sites (tertiary alicyclic amines) is 2. The number of hydrogen-bond donors (Lipinski definition) is 1. The number of carbonyl (C=O) groups is 1. The van der Waals surface area contributed by atoms with Gasteiger partial charge in [0, 0.05) is 60.7 Å². The Kier molecular flexibility index (Phi) is 4.57. The number of benzene rings is 1. The quantitative estimate of drug-likeness (QED) is 0.923. The van der Waals surface area contributed by atoms with Crippen LogP contribution in [0.2, 0.25) is 0 Å². The summed E-state index contributed by atoms with van der Waals surface area (Å²) < 4.78 is 0. The zero-order valence-corrected chi connectivity index (χ0v) is 15.5. The third-order valence-electron chi connectivity index (χ3n) is 6.06. The van der Waals surface area contributed by atoms with Gasteiger partial charge in [-0.25, -0.2) is 0 Å². The molecule has 3 heterocycles. The van der Waals surface area contributed by atoms with E-state index in [4.69, 9.17) is 0 Å². The first-order chi connectivity index (χ1) is 12.6. The van der Waals surface area contributed by atoms with Crippen molar-refractivity contribution < 1.29 is 4.79 Å². The highest BCUT2D eigenvalue weighted by molar-refractivity contribution is 5.78. The molecule has 1 aromatic carbocycles. The number of H-pyrrole nitrogens is 1. The van der Waals surface area contributed by atoms with Gasteiger partial charge in [-0.15, -0.1) is 0 Å². The Bertz CT molecular complexity index is 875. The van der Waals surface area contributed by atoms with E-state index in [0.717, 1.165) is 62.2 Å². The summed E-state index contributed by atoms with van der Waals surface area (Å²) in [4.78, 5) is 32.3. The molecule has 1 spiro atoms. The Labute approximate surface area is 154 Å².